The van der Waals surface area contributed by atoms with E-state index in [0.29, 0.717) is 28.6 Å². The molecule has 0 saturated carbocycles. The lowest BCUT2D eigenvalue weighted by Gasteiger charge is -2.05. The Bertz CT molecular complexity index is 1050. The Morgan fingerprint density at radius 1 is 1.21 bits per heavy atom. The van der Waals surface area contributed by atoms with Crippen molar-refractivity contribution in [2.24, 2.45) is 0 Å². The van der Waals surface area contributed by atoms with Crippen molar-refractivity contribution in [3.05, 3.63) is 69.8 Å². The van der Waals surface area contributed by atoms with Crippen LogP contribution < -0.4 is 5.32 Å². The molecule has 0 fully saturated rings. The van der Waals surface area contributed by atoms with Crippen LogP contribution in [0.25, 0.3) is 6.08 Å². The number of nitrogens with one attached hydrogen (secondary N) is 1. The van der Waals surface area contributed by atoms with Gasteiger partial charge in [0.1, 0.15) is 10.7 Å². The molecule has 3 aromatic rings. The molecule has 0 bridgehead atoms. The summed E-state index contributed by atoms with van der Waals surface area (Å²) in [4.78, 5) is 27.5. The molecule has 10 heteroatoms. The second-order valence-electron chi connectivity index (χ2n) is 6.02. The SMILES string of the molecule is CC(=O)c1csc(Cn2ccc(NC(=O)/C=C/c3ccc(C(F)(F)F)cc3)n2)n1. The molecule has 0 aliphatic rings. The lowest BCUT2D eigenvalue weighted by Crippen LogP contribution is -2.09. The molecular weight excluding hydrogens is 405 g/mol. The molecule has 29 heavy (non-hydrogen) atoms. The maximum absolute atomic E-state index is 12.5. The first-order valence-electron chi connectivity index (χ1n) is 8.36. The quantitative estimate of drug-likeness (QED) is 0.478. The van der Waals surface area contributed by atoms with E-state index in [9.17, 15) is 22.8 Å². The van der Waals surface area contributed by atoms with Gasteiger partial charge in [-0.3, -0.25) is 14.3 Å². The third kappa shape index (κ3) is 5.61. The summed E-state index contributed by atoms with van der Waals surface area (Å²) in [6.07, 6.45) is -0.123. The fourth-order valence-electron chi connectivity index (χ4n) is 2.32. The van der Waals surface area contributed by atoms with Gasteiger partial charge in [0, 0.05) is 30.6 Å². The van der Waals surface area contributed by atoms with Gasteiger partial charge in [-0.05, 0) is 23.8 Å². The highest BCUT2D eigenvalue weighted by molar-refractivity contribution is 7.09. The van der Waals surface area contributed by atoms with Gasteiger partial charge in [-0.2, -0.15) is 18.3 Å². The minimum Gasteiger partial charge on any atom is -0.306 e. The number of halogens is 3. The topological polar surface area (TPSA) is 76.9 Å². The fraction of sp³-hybridized carbons (Fsp3) is 0.158. The van der Waals surface area contributed by atoms with E-state index in [0.717, 1.165) is 12.1 Å². The number of Topliss-reactive ketones (excluding diaryl/α,β-unsaturated/α-hetero) is 1. The van der Waals surface area contributed by atoms with Gasteiger partial charge in [0.2, 0.25) is 5.91 Å². The number of thiazole rings is 1. The highest BCUT2D eigenvalue weighted by Crippen LogP contribution is 2.29. The van der Waals surface area contributed by atoms with E-state index in [1.807, 2.05) is 0 Å². The zero-order valence-corrected chi connectivity index (χ0v) is 15.9. The summed E-state index contributed by atoms with van der Waals surface area (Å²) < 4.78 is 39.2. The number of benzene rings is 1. The van der Waals surface area contributed by atoms with Crippen LogP contribution >= 0.6 is 11.3 Å². The average Bonchev–Trinajstić information content (AvgIpc) is 3.30. The standard InChI is InChI=1S/C19H15F3N4O2S/c1-12(27)15-11-29-18(23-15)10-26-9-8-16(25-26)24-17(28)7-4-13-2-5-14(6-3-13)19(20,21)22/h2-9,11H,10H2,1H3,(H,24,25,28)/b7-4+. The van der Waals surface area contributed by atoms with E-state index in [1.165, 1.54) is 42.5 Å². The van der Waals surface area contributed by atoms with E-state index >= 15 is 0 Å². The number of hydrogen-bond acceptors (Lipinski definition) is 5. The summed E-state index contributed by atoms with van der Waals surface area (Å²) in [5.74, 6) is -0.264. The van der Waals surface area contributed by atoms with Crippen LogP contribution in [0.5, 0.6) is 0 Å². The molecule has 0 radical (unpaired) electrons. The Hall–Kier alpha value is -3.27. The second-order valence-corrected chi connectivity index (χ2v) is 6.97. The van der Waals surface area contributed by atoms with Gasteiger partial charge in [0.15, 0.2) is 11.6 Å². The van der Waals surface area contributed by atoms with Crippen molar-refractivity contribution in [2.45, 2.75) is 19.6 Å². The Balaban J connectivity index is 1.57. The first kappa shape index (κ1) is 20.5. The van der Waals surface area contributed by atoms with Crippen molar-refractivity contribution in [3.63, 3.8) is 0 Å². The first-order valence-corrected chi connectivity index (χ1v) is 9.24. The Morgan fingerprint density at radius 2 is 1.93 bits per heavy atom. The number of ketones is 1. The number of alkyl halides is 3. The molecule has 150 valence electrons. The number of nitrogens with zero attached hydrogens (tertiary/aromatic N) is 3. The number of rotatable bonds is 6. The predicted molar refractivity (Wildman–Crippen MR) is 103 cm³/mol. The number of aromatic nitrogens is 3. The molecule has 1 N–H and O–H groups in total. The van der Waals surface area contributed by atoms with Gasteiger partial charge in [-0.25, -0.2) is 4.98 Å². The van der Waals surface area contributed by atoms with Crippen LogP contribution in [-0.2, 0) is 17.5 Å². The van der Waals surface area contributed by atoms with Crippen molar-refractivity contribution in [2.75, 3.05) is 5.32 Å². The minimum atomic E-state index is -4.40. The van der Waals surface area contributed by atoms with Gasteiger partial charge in [-0.15, -0.1) is 11.3 Å². The van der Waals surface area contributed by atoms with Crippen molar-refractivity contribution in [3.8, 4) is 0 Å². The Kier molecular flexibility index (Phi) is 5.92. The molecule has 0 saturated heterocycles. The van der Waals surface area contributed by atoms with Gasteiger partial charge < -0.3 is 5.32 Å². The first-order chi connectivity index (χ1) is 13.7. The summed E-state index contributed by atoms with van der Waals surface area (Å²) in [7, 11) is 0. The maximum atomic E-state index is 12.5. The molecule has 3 rings (SSSR count). The van der Waals surface area contributed by atoms with Crippen LogP contribution in [0, 0.1) is 0 Å². The zero-order chi connectivity index (χ0) is 21.0. The molecule has 1 amide bonds. The highest BCUT2D eigenvalue weighted by atomic mass is 32.1. The monoisotopic (exact) mass is 420 g/mol. The smallest absolute Gasteiger partial charge is 0.306 e. The second kappa shape index (κ2) is 8.39. The Labute approximate surface area is 167 Å². The van der Waals surface area contributed by atoms with E-state index in [2.05, 4.69) is 15.4 Å². The maximum Gasteiger partial charge on any atom is 0.416 e. The van der Waals surface area contributed by atoms with Crippen molar-refractivity contribution >= 4 is 34.9 Å². The van der Waals surface area contributed by atoms with Gasteiger partial charge in [0.25, 0.3) is 0 Å². The number of carbonyl (C=O) groups is 2. The Morgan fingerprint density at radius 3 is 2.55 bits per heavy atom. The van der Waals surface area contributed by atoms with Gasteiger partial charge in [-0.1, -0.05) is 12.1 Å². The third-order valence-corrected chi connectivity index (χ3v) is 4.60. The molecule has 0 aliphatic heterocycles. The summed E-state index contributed by atoms with van der Waals surface area (Å²) in [6, 6.07) is 6.07. The molecule has 6 nitrogen and oxygen atoms in total. The van der Waals surface area contributed by atoms with E-state index in [4.69, 9.17) is 0 Å². The number of amides is 1. The van der Waals surface area contributed by atoms with E-state index < -0.39 is 17.6 Å². The van der Waals surface area contributed by atoms with Crippen LogP contribution in [0.3, 0.4) is 0 Å². The summed E-state index contributed by atoms with van der Waals surface area (Å²) in [6.45, 7) is 1.80. The lowest BCUT2D eigenvalue weighted by molar-refractivity contribution is -0.137. The van der Waals surface area contributed by atoms with E-state index in [-0.39, 0.29) is 5.78 Å². The number of anilines is 1. The molecule has 2 aromatic heterocycles. The molecular formula is C19H15F3N4O2S. The molecule has 0 atom stereocenters. The van der Waals surface area contributed by atoms with Crippen LogP contribution in [-0.4, -0.2) is 26.5 Å². The van der Waals surface area contributed by atoms with Crippen molar-refractivity contribution < 1.29 is 22.8 Å². The van der Waals surface area contributed by atoms with Gasteiger partial charge >= 0.3 is 6.18 Å². The average molecular weight is 420 g/mol. The van der Waals surface area contributed by atoms with Crippen molar-refractivity contribution in [1.29, 1.82) is 0 Å². The van der Waals surface area contributed by atoms with Crippen LogP contribution in [0.1, 0.15) is 33.5 Å². The van der Waals surface area contributed by atoms with E-state index in [1.54, 1.807) is 22.3 Å². The van der Waals surface area contributed by atoms with Gasteiger partial charge in [0.05, 0.1) is 12.1 Å². The fourth-order valence-corrected chi connectivity index (χ4v) is 3.15. The summed E-state index contributed by atoms with van der Waals surface area (Å²) in [5.41, 5.74) is 0.114. The molecule has 0 aliphatic carbocycles. The van der Waals surface area contributed by atoms with Crippen LogP contribution in [0.15, 0.2) is 48.0 Å². The van der Waals surface area contributed by atoms with Crippen LogP contribution in [0.4, 0.5) is 19.0 Å². The molecule has 2 heterocycles. The predicted octanol–water partition coefficient (Wildman–Crippen LogP) is 4.26. The largest absolute Gasteiger partial charge is 0.416 e. The summed E-state index contributed by atoms with van der Waals surface area (Å²) in [5, 5.41) is 9.15. The lowest BCUT2D eigenvalue weighted by atomic mass is 10.1. The number of hydrogen-bond donors (Lipinski definition) is 1. The third-order valence-electron chi connectivity index (χ3n) is 3.77. The minimum absolute atomic E-state index is 0.110. The van der Waals surface area contributed by atoms with Crippen molar-refractivity contribution in [1.82, 2.24) is 14.8 Å². The van der Waals surface area contributed by atoms with Crippen LogP contribution in [0.2, 0.25) is 0 Å². The zero-order valence-electron chi connectivity index (χ0n) is 15.1. The molecule has 0 spiro atoms. The highest BCUT2D eigenvalue weighted by Gasteiger charge is 2.29. The number of carbonyl (C=O) groups excluding carboxylic acids is 2. The normalized spacial score (nSPS) is 11.7. The molecule has 1 aromatic carbocycles. The molecule has 0 unspecified atom stereocenters. The summed E-state index contributed by atoms with van der Waals surface area (Å²) >= 11 is 1.34.